The van der Waals surface area contributed by atoms with E-state index in [1.807, 2.05) is 0 Å². The zero-order valence-electron chi connectivity index (χ0n) is 4.24. The molecule has 0 atom stereocenters. The summed E-state index contributed by atoms with van der Waals surface area (Å²) in [6, 6.07) is 0. The predicted octanol–water partition coefficient (Wildman–Crippen LogP) is 0.384. The van der Waals surface area contributed by atoms with Gasteiger partial charge < -0.3 is 4.57 Å². The molecular weight excluding hydrogens is 122 g/mol. The Bertz CT molecular complexity index is 176. The van der Waals surface area contributed by atoms with Crippen molar-refractivity contribution in [1.29, 1.82) is 0 Å². The van der Waals surface area contributed by atoms with Gasteiger partial charge in [0.2, 0.25) is 0 Å². The van der Waals surface area contributed by atoms with Gasteiger partial charge in [-0.25, -0.2) is 0 Å². The van der Waals surface area contributed by atoms with Crippen LogP contribution in [0.3, 0.4) is 0 Å². The van der Waals surface area contributed by atoms with Gasteiger partial charge in [-0.3, -0.25) is 0 Å². The highest BCUT2D eigenvalue weighted by Crippen LogP contribution is 2.20. The third kappa shape index (κ3) is 0.461. The number of fused-ring (bicyclic) bond motifs is 1. The van der Waals surface area contributed by atoms with Gasteiger partial charge in [0, 0.05) is 12.3 Å². The smallest absolute Gasteiger partial charge is 0.191 e. The SMILES string of the molecule is c1nnc2n1CCS2. The first kappa shape index (κ1) is 4.38. The Morgan fingerprint density at radius 3 is 3.62 bits per heavy atom. The van der Waals surface area contributed by atoms with Crippen LogP contribution in [0.15, 0.2) is 11.5 Å². The summed E-state index contributed by atoms with van der Waals surface area (Å²) in [6.07, 6.45) is 1.77. The van der Waals surface area contributed by atoms with E-state index in [1.165, 1.54) is 0 Å². The highest BCUT2D eigenvalue weighted by Gasteiger charge is 2.10. The van der Waals surface area contributed by atoms with Gasteiger partial charge in [-0.15, -0.1) is 10.2 Å². The van der Waals surface area contributed by atoms with Crippen molar-refractivity contribution < 1.29 is 0 Å². The van der Waals surface area contributed by atoms with Gasteiger partial charge in [0.05, 0.1) is 0 Å². The van der Waals surface area contributed by atoms with E-state index in [0.29, 0.717) is 0 Å². The zero-order valence-corrected chi connectivity index (χ0v) is 5.06. The molecule has 0 amide bonds. The van der Waals surface area contributed by atoms with Gasteiger partial charge >= 0.3 is 0 Å². The standard InChI is InChI=1S/C4H5N3S/c1-2-8-4-6-5-3-7(1)4/h3H,1-2H2. The van der Waals surface area contributed by atoms with Gasteiger partial charge in [-0.2, -0.15) is 0 Å². The second-order valence-electron chi connectivity index (χ2n) is 1.66. The molecule has 0 spiro atoms. The first-order valence-electron chi connectivity index (χ1n) is 2.47. The van der Waals surface area contributed by atoms with Gasteiger partial charge in [0.25, 0.3) is 0 Å². The molecule has 0 radical (unpaired) electrons. The third-order valence-corrected chi connectivity index (χ3v) is 2.10. The molecule has 0 N–H and O–H groups in total. The summed E-state index contributed by atoms with van der Waals surface area (Å²) in [6.45, 7) is 1.08. The first-order chi connectivity index (χ1) is 3.97. The van der Waals surface area contributed by atoms with Crippen LogP contribution in [0.25, 0.3) is 0 Å². The van der Waals surface area contributed by atoms with Crippen LogP contribution in [-0.4, -0.2) is 20.5 Å². The second kappa shape index (κ2) is 1.48. The minimum absolute atomic E-state index is 1.06. The van der Waals surface area contributed by atoms with Crippen molar-refractivity contribution in [2.24, 2.45) is 0 Å². The largest absolute Gasteiger partial charge is 0.308 e. The Balaban J connectivity index is 2.54. The average Bonchev–Trinajstić information content (AvgIpc) is 2.15. The fourth-order valence-electron chi connectivity index (χ4n) is 0.745. The molecule has 0 aliphatic carbocycles. The van der Waals surface area contributed by atoms with Crippen LogP contribution in [0, 0.1) is 0 Å². The maximum Gasteiger partial charge on any atom is 0.191 e. The van der Waals surface area contributed by atoms with E-state index in [2.05, 4.69) is 14.8 Å². The highest BCUT2D eigenvalue weighted by molar-refractivity contribution is 7.99. The van der Waals surface area contributed by atoms with E-state index in [0.717, 1.165) is 17.5 Å². The first-order valence-corrected chi connectivity index (χ1v) is 3.46. The van der Waals surface area contributed by atoms with E-state index in [9.17, 15) is 0 Å². The summed E-state index contributed by atoms with van der Waals surface area (Å²) in [5, 5.41) is 8.67. The van der Waals surface area contributed by atoms with Crippen molar-refractivity contribution >= 4 is 11.8 Å². The van der Waals surface area contributed by atoms with Crippen molar-refractivity contribution in [3.8, 4) is 0 Å². The van der Waals surface area contributed by atoms with Gasteiger partial charge in [0.15, 0.2) is 5.16 Å². The molecule has 3 nitrogen and oxygen atoms in total. The summed E-state index contributed by atoms with van der Waals surface area (Å²) >= 11 is 1.76. The normalized spacial score (nSPS) is 16.5. The van der Waals surface area contributed by atoms with Crippen molar-refractivity contribution in [3.63, 3.8) is 0 Å². The molecule has 0 unspecified atom stereocenters. The number of hydrogen-bond donors (Lipinski definition) is 0. The van der Waals surface area contributed by atoms with Crippen LogP contribution in [0.4, 0.5) is 0 Å². The maximum atomic E-state index is 3.87. The monoisotopic (exact) mass is 127 g/mol. The van der Waals surface area contributed by atoms with E-state index < -0.39 is 0 Å². The van der Waals surface area contributed by atoms with Crippen LogP contribution >= 0.6 is 11.8 Å². The molecule has 0 bridgehead atoms. The van der Waals surface area contributed by atoms with E-state index >= 15 is 0 Å². The van der Waals surface area contributed by atoms with Crippen molar-refractivity contribution in [1.82, 2.24) is 14.8 Å². The summed E-state index contributed by atoms with van der Waals surface area (Å²) in [5.74, 6) is 1.16. The van der Waals surface area contributed by atoms with Crippen molar-refractivity contribution in [2.75, 3.05) is 5.75 Å². The van der Waals surface area contributed by atoms with Gasteiger partial charge in [-0.1, -0.05) is 11.8 Å². The number of aryl methyl sites for hydroxylation is 1. The van der Waals surface area contributed by atoms with Crippen LogP contribution < -0.4 is 0 Å². The number of rotatable bonds is 0. The lowest BCUT2D eigenvalue weighted by molar-refractivity contribution is 0.719. The summed E-state index contributed by atoms with van der Waals surface area (Å²) in [5.41, 5.74) is 0. The molecule has 4 heteroatoms. The van der Waals surface area contributed by atoms with E-state index in [4.69, 9.17) is 0 Å². The zero-order chi connectivity index (χ0) is 5.40. The van der Waals surface area contributed by atoms with Crippen molar-refractivity contribution in [2.45, 2.75) is 11.7 Å². The summed E-state index contributed by atoms with van der Waals surface area (Å²) in [7, 11) is 0. The van der Waals surface area contributed by atoms with Gasteiger partial charge in [-0.05, 0) is 0 Å². The van der Waals surface area contributed by atoms with Crippen LogP contribution in [0.1, 0.15) is 0 Å². The molecule has 8 heavy (non-hydrogen) atoms. The Morgan fingerprint density at radius 2 is 2.75 bits per heavy atom. The molecule has 2 heterocycles. The lowest BCUT2D eigenvalue weighted by atomic mass is 10.7. The fourth-order valence-corrected chi connectivity index (χ4v) is 1.62. The Labute approximate surface area is 51.1 Å². The molecule has 0 aromatic carbocycles. The van der Waals surface area contributed by atoms with E-state index in [-0.39, 0.29) is 0 Å². The molecule has 0 saturated heterocycles. The number of aromatic nitrogens is 3. The van der Waals surface area contributed by atoms with Gasteiger partial charge in [0.1, 0.15) is 6.33 Å². The molecule has 1 aromatic heterocycles. The molecule has 1 aromatic rings. The Morgan fingerprint density at radius 1 is 1.75 bits per heavy atom. The lowest BCUT2D eigenvalue weighted by Gasteiger charge is -1.84. The van der Waals surface area contributed by atoms with E-state index in [1.54, 1.807) is 18.1 Å². The van der Waals surface area contributed by atoms with Crippen LogP contribution in [-0.2, 0) is 6.54 Å². The number of nitrogens with zero attached hydrogens (tertiary/aromatic N) is 3. The minimum atomic E-state index is 1.06. The summed E-state index contributed by atoms with van der Waals surface area (Å²) < 4.78 is 2.06. The predicted molar refractivity (Wildman–Crippen MR) is 30.7 cm³/mol. The molecule has 1 aliphatic rings. The molecule has 1 aliphatic heterocycles. The molecule has 0 saturated carbocycles. The number of thioether (sulfide) groups is 1. The topological polar surface area (TPSA) is 30.7 Å². The maximum absolute atomic E-state index is 3.87. The quantitative estimate of drug-likeness (QED) is 0.505. The molecular formula is C4H5N3S. The third-order valence-electron chi connectivity index (χ3n) is 1.14. The van der Waals surface area contributed by atoms with Crippen molar-refractivity contribution in [3.05, 3.63) is 6.33 Å². The minimum Gasteiger partial charge on any atom is -0.308 e. The second-order valence-corrected chi connectivity index (χ2v) is 2.72. The summed E-state index contributed by atoms with van der Waals surface area (Å²) in [4.78, 5) is 0. The molecule has 42 valence electrons. The fraction of sp³-hybridized carbons (Fsp3) is 0.500. The number of hydrogen-bond acceptors (Lipinski definition) is 3. The van der Waals surface area contributed by atoms with Crippen LogP contribution in [0.5, 0.6) is 0 Å². The Kier molecular flexibility index (Phi) is 0.811. The lowest BCUT2D eigenvalue weighted by Crippen LogP contribution is -1.88. The molecule has 2 rings (SSSR count). The Hall–Kier alpha value is -0.510. The van der Waals surface area contributed by atoms with Crippen LogP contribution in [0.2, 0.25) is 0 Å². The highest BCUT2D eigenvalue weighted by atomic mass is 32.2. The molecule has 0 fully saturated rings. The average molecular weight is 127 g/mol.